The number of carbonyl (C=O) groups excluding carboxylic acids is 1. The Morgan fingerprint density at radius 1 is 1.33 bits per heavy atom. The normalized spacial score (nSPS) is 10.3. The highest BCUT2D eigenvalue weighted by Crippen LogP contribution is 2.13. The number of aryl methyl sites for hydroxylation is 1. The van der Waals surface area contributed by atoms with Gasteiger partial charge in [0, 0.05) is 13.0 Å². The van der Waals surface area contributed by atoms with Gasteiger partial charge in [0.25, 0.3) is 0 Å². The van der Waals surface area contributed by atoms with Crippen molar-refractivity contribution in [1.82, 2.24) is 15.0 Å². The lowest BCUT2D eigenvalue weighted by molar-refractivity contribution is 0.0982. The van der Waals surface area contributed by atoms with Gasteiger partial charge in [0.1, 0.15) is 11.4 Å². The number of nitrogens with zero attached hydrogens (tertiary/aromatic N) is 3. The average molecular weight is 245 g/mol. The Bertz CT molecular complexity index is 531. The van der Waals surface area contributed by atoms with Gasteiger partial charge in [-0.25, -0.2) is 4.68 Å². The smallest absolute Gasteiger partial charge is 0.186 e. The SMILES string of the molecule is CCn1nncc1C(=O)Cc1ccc(OC)cc1. The van der Waals surface area contributed by atoms with Crippen LogP contribution in [0.1, 0.15) is 23.0 Å². The van der Waals surface area contributed by atoms with Crippen molar-refractivity contribution < 1.29 is 9.53 Å². The molecule has 0 bridgehead atoms. The summed E-state index contributed by atoms with van der Waals surface area (Å²) in [6, 6.07) is 7.46. The van der Waals surface area contributed by atoms with Gasteiger partial charge in [0.2, 0.25) is 0 Å². The first-order valence-corrected chi connectivity index (χ1v) is 5.79. The van der Waals surface area contributed by atoms with Crippen molar-refractivity contribution in [3.63, 3.8) is 0 Å². The van der Waals surface area contributed by atoms with Crippen LogP contribution >= 0.6 is 0 Å². The number of carbonyl (C=O) groups is 1. The van der Waals surface area contributed by atoms with Gasteiger partial charge in [-0.05, 0) is 24.6 Å². The van der Waals surface area contributed by atoms with Crippen molar-refractivity contribution in [2.75, 3.05) is 7.11 Å². The summed E-state index contributed by atoms with van der Waals surface area (Å²) in [7, 11) is 1.62. The predicted molar refractivity (Wildman–Crippen MR) is 66.7 cm³/mol. The monoisotopic (exact) mass is 245 g/mol. The number of aromatic nitrogens is 3. The maximum atomic E-state index is 12.1. The van der Waals surface area contributed by atoms with Crippen molar-refractivity contribution in [3.05, 3.63) is 41.7 Å². The van der Waals surface area contributed by atoms with Gasteiger partial charge in [-0.1, -0.05) is 17.3 Å². The summed E-state index contributed by atoms with van der Waals surface area (Å²) >= 11 is 0. The van der Waals surface area contributed by atoms with Crippen LogP contribution < -0.4 is 4.74 Å². The Kier molecular flexibility index (Phi) is 3.72. The van der Waals surface area contributed by atoms with E-state index in [1.165, 1.54) is 6.20 Å². The molecule has 5 nitrogen and oxygen atoms in total. The molecule has 94 valence electrons. The van der Waals surface area contributed by atoms with Crippen LogP contribution in [0, 0.1) is 0 Å². The molecule has 0 unspecified atom stereocenters. The van der Waals surface area contributed by atoms with E-state index in [9.17, 15) is 4.79 Å². The second-order valence-electron chi connectivity index (χ2n) is 3.88. The minimum atomic E-state index is 0.0204. The van der Waals surface area contributed by atoms with Crippen LogP contribution in [0.2, 0.25) is 0 Å². The number of Topliss-reactive ketones (excluding diaryl/α,β-unsaturated/α-hetero) is 1. The zero-order chi connectivity index (χ0) is 13.0. The first-order valence-electron chi connectivity index (χ1n) is 5.79. The Hall–Kier alpha value is -2.17. The number of methoxy groups -OCH3 is 1. The molecule has 1 aromatic heterocycles. The molecular formula is C13H15N3O2. The van der Waals surface area contributed by atoms with Gasteiger partial charge in [-0.15, -0.1) is 5.10 Å². The summed E-state index contributed by atoms with van der Waals surface area (Å²) in [6.07, 6.45) is 1.85. The van der Waals surface area contributed by atoms with Crippen LogP contribution in [-0.2, 0) is 13.0 Å². The second kappa shape index (κ2) is 5.44. The number of hydrogen-bond acceptors (Lipinski definition) is 4. The lowest BCUT2D eigenvalue weighted by atomic mass is 10.1. The van der Waals surface area contributed by atoms with Gasteiger partial charge >= 0.3 is 0 Å². The van der Waals surface area contributed by atoms with Gasteiger partial charge < -0.3 is 4.74 Å². The average Bonchev–Trinajstić information content (AvgIpc) is 2.88. The third-order valence-electron chi connectivity index (χ3n) is 2.73. The molecule has 0 spiro atoms. The fourth-order valence-electron chi connectivity index (χ4n) is 1.73. The van der Waals surface area contributed by atoms with Crippen LogP contribution in [-0.4, -0.2) is 27.9 Å². The molecule has 1 heterocycles. The van der Waals surface area contributed by atoms with Crippen molar-refractivity contribution in [1.29, 1.82) is 0 Å². The first-order chi connectivity index (χ1) is 8.74. The third-order valence-corrected chi connectivity index (χ3v) is 2.73. The van der Waals surface area contributed by atoms with Gasteiger partial charge in [0.05, 0.1) is 13.3 Å². The zero-order valence-electron chi connectivity index (χ0n) is 10.5. The molecule has 0 saturated heterocycles. The summed E-state index contributed by atoms with van der Waals surface area (Å²) in [5.41, 5.74) is 1.50. The van der Waals surface area contributed by atoms with Crippen molar-refractivity contribution in [2.24, 2.45) is 0 Å². The highest BCUT2D eigenvalue weighted by Gasteiger charge is 2.12. The number of hydrogen-bond donors (Lipinski definition) is 0. The molecule has 1 aromatic carbocycles. The topological polar surface area (TPSA) is 57.0 Å². The molecule has 2 aromatic rings. The largest absolute Gasteiger partial charge is 0.497 e. The van der Waals surface area contributed by atoms with E-state index < -0.39 is 0 Å². The van der Waals surface area contributed by atoms with E-state index in [4.69, 9.17) is 4.74 Å². The molecule has 0 atom stereocenters. The van der Waals surface area contributed by atoms with E-state index in [0.717, 1.165) is 11.3 Å². The van der Waals surface area contributed by atoms with Crippen molar-refractivity contribution in [2.45, 2.75) is 19.9 Å². The van der Waals surface area contributed by atoms with Crippen LogP contribution in [0.3, 0.4) is 0 Å². The molecule has 0 aliphatic heterocycles. The lowest BCUT2D eigenvalue weighted by Gasteiger charge is -2.04. The molecule has 0 saturated carbocycles. The molecular weight excluding hydrogens is 230 g/mol. The molecule has 0 aliphatic carbocycles. The van der Waals surface area contributed by atoms with Gasteiger partial charge in [-0.3, -0.25) is 4.79 Å². The highest BCUT2D eigenvalue weighted by atomic mass is 16.5. The lowest BCUT2D eigenvalue weighted by Crippen LogP contribution is -2.11. The standard InChI is InChI=1S/C13H15N3O2/c1-3-16-12(9-14-15-16)13(17)8-10-4-6-11(18-2)7-5-10/h4-7,9H,3,8H2,1-2H3. The molecule has 0 N–H and O–H groups in total. The first kappa shape index (κ1) is 12.3. The summed E-state index contributed by atoms with van der Waals surface area (Å²) in [5.74, 6) is 0.804. The van der Waals surface area contributed by atoms with Crippen LogP contribution in [0.5, 0.6) is 5.75 Å². The van der Waals surface area contributed by atoms with E-state index in [1.54, 1.807) is 11.8 Å². The van der Waals surface area contributed by atoms with E-state index >= 15 is 0 Å². The van der Waals surface area contributed by atoms with Crippen molar-refractivity contribution >= 4 is 5.78 Å². The van der Waals surface area contributed by atoms with Gasteiger partial charge in [-0.2, -0.15) is 0 Å². The highest BCUT2D eigenvalue weighted by molar-refractivity contribution is 5.95. The van der Waals surface area contributed by atoms with Crippen LogP contribution in [0.25, 0.3) is 0 Å². The number of benzene rings is 1. The third kappa shape index (κ3) is 2.56. The van der Waals surface area contributed by atoms with Crippen LogP contribution in [0.4, 0.5) is 0 Å². The number of ketones is 1. The quantitative estimate of drug-likeness (QED) is 0.753. The molecule has 0 amide bonds. The number of ether oxygens (including phenoxy) is 1. The minimum absolute atomic E-state index is 0.0204. The predicted octanol–water partition coefficient (Wildman–Crippen LogP) is 1.73. The molecule has 0 aliphatic rings. The summed E-state index contributed by atoms with van der Waals surface area (Å²) < 4.78 is 6.68. The summed E-state index contributed by atoms with van der Waals surface area (Å²) in [6.45, 7) is 2.57. The fourth-order valence-corrected chi connectivity index (χ4v) is 1.73. The van der Waals surface area contributed by atoms with Crippen molar-refractivity contribution in [3.8, 4) is 5.75 Å². The van der Waals surface area contributed by atoms with Crippen LogP contribution in [0.15, 0.2) is 30.5 Å². The minimum Gasteiger partial charge on any atom is -0.497 e. The van der Waals surface area contributed by atoms with E-state index in [2.05, 4.69) is 10.3 Å². The molecule has 0 radical (unpaired) electrons. The summed E-state index contributed by atoms with van der Waals surface area (Å²) in [5, 5.41) is 7.61. The van der Waals surface area contributed by atoms with E-state index in [0.29, 0.717) is 18.7 Å². The van der Waals surface area contributed by atoms with Gasteiger partial charge in [0.15, 0.2) is 5.78 Å². The maximum absolute atomic E-state index is 12.1. The fraction of sp³-hybridized carbons (Fsp3) is 0.308. The maximum Gasteiger partial charge on any atom is 0.186 e. The number of rotatable bonds is 5. The Labute approximate surface area is 105 Å². The second-order valence-corrected chi connectivity index (χ2v) is 3.88. The molecule has 18 heavy (non-hydrogen) atoms. The summed E-state index contributed by atoms with van der Waals surface area (Å²) in [4.78, 5) is 12.1. The Morgan fingerprint density at radius 2 is 2.06 bits per heavy atom. The van der Waals surface area contributed by atoms with E-state index in [1.807, 2.05) is 31.2 Å². The molecule has 5 heteroatoms. The zero-order valence-corrected chi connectivity index (χ0v) is 10.5. The molecule has 0 fully saturated rings. The Balaban J connectivity index is 2.11. The Morgan fingerprint density at radius 3 is 2.67 bits per heavy atom. The molecule has 2 rings (SSSR count). The van der Waals surface area contributed by atoms with E-state index in [-0.39, 0.29) is 5.78 Å².